The van der Waals surface area contributed by atoms with Crippen molar-refractivity contribution in [3.63, 3.8) is 0 Å². The van der Waals surface area contributed by atoms with Gasteiger partial charge in [-0.3, -0.25) is 9.59 Å². The molecule has 0 atom stereocenters. The molecule has 8 heteroatoms. The number of aromatic nitrogens is 2. The highest BCUT2D eigenvalue weighted by molar-refractivity contribution is 5.78. The molecular formula is C20H18FN3O4. The Morgan fingerprint density at radius 2 is 1.89 bits per heavy atom. The Kier molecular flexibility index (Phi) is 4.92. The molecule has 4 rings (SSSR count). The van der Waals surface area contributed by atoms with Crippen LogP contribution in [0.2, 0.25) is 0 Å². The van der Waals surface area contributed by atoms with Crippen molar-refractivity contribution >= 4 is 5.91 Å². The molecule has 2 heterocycles. The van der Waals surface area contributed by atoms with Crippen LogP contribution in [0.25, 0.3) is 11.3 Å². The van der Waals surface area contributed by atoms with Crippen LogP contribution < -0.4 is 20.3 Å². The van der Waals surface area contributed by atoms with E-state index in [2.05, 4.69) is 10.4 Å². The summed E-state index contributed by atoms with van der Waals surface area (Å²) in [5.41, 5.74) is 0.937. The number of nitrogens with zero attached hydrogens (tertiary/aromatic N) is 2. The van der Waals surface area contributed by atoms with E-state index < -0.39 is 17.3 Å². The van der Waals surface area contributed by atoms with Crippen molar-refractivity contribution in [1.82, 2.24) is 15.1 Å². The molecule has 0 saturated heterocycles. The van der Waals surface area contributed by atoms with Gasteiger partial charge in [0.15, 0.2) is 11.5 Å². The Balaban J connectivity index is 1.54. The van der Waals surface area contributed by atoms with Crippen LogP contribution in [0.4, 0.5) is 4.39 Å². The first-order chi connectivity index (χ1) is 13.6. The first kappa shape index (κ1) is 18.0. The average molecular weight is 383 g/mol. The Morgan fingerprint density at radius 3 is 2.71 bits per heavy atom. The largest absolute Gasteiger partial charge is 0.486 e. The molecule has 1 N–H and O–H groups in total. The lowest BCUT2D eigenvalue weighted by atomic mass is 10.1. The summed E-state index contributed by atoms with van der Waals surface area (Å²) in [7, 11) is 0. The van der Waals surface area contributed by atoms with Gasteiger partial charge >= 0.3 is 0 Å². The molecule has 144 valence electrons. The van der Waals surface area contributed by atoms with Gasteiger partial charge in [0.05, 0.1) is 11.4 Å². The summed E-state index contributed by atoms with van der Waals surface area (Å²) in [4.78, 5) is 24.3. The lowest BCUT2D eigenvalue weighted by Gasteiger charge is -2.18. The van der Waals surface area contributed by atoms with E-state index in [1.54, 1.807) is 30.3 Å². The molecule has 1 aromatic carbocycles. The number of nitrogens with one attached hydrogen (secondary N) is 1. The minimum absolute atomic E-state index is 0.132. The van der Waals surface area contributed by atoms with Crippen LogP contribution in [0.5, 0.6) is 11.5 Å². The fourth-order valence-corrected chi connectivity index (χ4v) is 3.00. The van der Waals surface area contributed by atoms with Crippen molar-refractivity contribution in [3.05, 3.63) is 64.4 Å². The van der Waals surface area contributed by atoms with Gasteiger partial charge in [-0.15, -0.1) is 0 Å². The summed E-state index contributed by atoms with van der Waals surface area (Å²) in [6.07, 6.45) is 4.29. The molecule has 0 saturated carbocycles. The van der Waals surface area contributed by atoms with Gasteiger partial charge in [0.25, 0.3) is 5.56 Å². The highest BCUT2D eigenvalue weighted by Crippen LogP contribution is 2.33. The zero-order chi connectivity index (χ0) is 19.5. The molecule has 0 radical (unpaired) electrons. The number of fused-ring (bicyclic) bond motifs is 1. The lowest BCUT2D eigenvalue weighted by molar-refractivity contribution is -0.121. The summed E-state index contributed by atoms with van der Waals surface area (Å²) in [6, 6.07) is 8.27. The molecule has 2 aromatic rings. The van der Waals surface area contributed by atoms with Crippen LogP contribution in [0.1, 0.15) is 12.8 Å². The van der Waals surface area contributed by atoms with E-state index in [4.69, 9.17) is 9.47 Å². The normalized spacial score (nSPS) is 15.5. The zero-order valence-corrected chi connectivity index (χ0v) is 15.0. The summed E-state index contributed by atoms with van der Waals surface area (Å²) in [5, 5.41) is 6.75. The van der Waals surface area contributed by atoms with Gasteiger partial charge in [-0.1, -0.05) is 6.08 Å². The van der Waals surface area contributed by atoms with Crippen LogP contribution in [-0.2, 0) is 11.3 Å². The summed E-state index contributed by atoms with van der Waals surface area (Å²) in [5.74, 6) is 0.265. The second-order valence-electron chi connectivity index (χ2n) is 6.37. The molecule has 1 aliphatic heterocycles. The molecule has 0 fully saturated rings. The highest BCUT2D eigenvalue weighted by atomic mass is 19.1. The third-order valence-corrected chi connectivity index (χ3v) is 4.37. The van der Waals surface area contributed by atoms with E-state index in [-0.39, 0.29) is 12.2 Å². The fraction of sp³-hybridized carbons (Fsp3) is 0.250. The predicted molar refractivity (Wildman–Crippen MR) is 99.6 cm³/mol. The first-order valence-corrected chi connectivity index (χ1v) is 8.94. The third kappa shape index (κ3) is 3.80. The number of benzene rings is 1. The maximum absolute atomic E-state index is 13.7. The van der Waals surface area contributed by atoms with Crippen molar-refractivity contribution in [2.45, 2.75) is 19.4 Å². The number of rotatable bonds is 4. The fourth-order valence-electron chi connectivity index (χ4n) is 3.00. The number of hydrogen-bond acceptors (Lipinski definition) is 5. The standard InChI is InChI=1S/C20H18FN3O4/c21-14-3-1-2-4-16(14)22-19(25)12-24-20(26)8-6-15(23-24)13-5-7-17-18(11-13)28-10-9-27-17/h3-8,11H,1-2,9-10,12H2,(H,22,25). The Hall–Kier alpha value is -3.42. The highest BCUT2D eigenvalue weighted by Gasteiger charge is 2.15. The summed E-state index contributed by atoms with van der Waals surface area (Å²) in [6.45, 7) is 0.642. The van der Waals surface area contributed by atoms with Crippen LogP contribution in [-0.4, -0.2) is 28.9 Å². The van der Waals surface area contributed by atoms with Crippen LogP contribution >= 0.6 is 0 Å². The molecule has 0 bridgehead atoms. The van der Waals surface area contributed by atoms with Crippen LogP contribution in [0.15, 0.2) is 58.8 Å². The Labute approximate surface area is 160 Å². The van der Waals surface area contributed by atoms with Crippen LogP contribution in [0.3, 0.4) is 0 Å². The molecule has 28 heavy (non-hydrogen) atoms. The molecule has 7 nitrogen and oxygen atoms in total. The molecule has 1 aliphatic carbocycles. The van der Waals surface area contributed by atoms with Gasteiger partial charge < -0.3 is 14.8 Å². The number of halogens is 1. The second-order valence-corrected chi connectivity index (χ2v) is 6.37. The van der Waals surface area contributed by atoms with Gasteiger partial charge in [0.1, 0.15) is 25.6 Å². The Bertz CT molecular complexity index is 1040. The molecule has 2 aliphatic rings. The quantitative estimate of drug-likeness (QED) is 0.876. The number of hydrogen-bond donors (Lipinski definition) is 1. The number of allylic oxidation sites excluding steroid dienone is 3. The maximum atomic E-state index is 13.7. The van der Waals surface area contributed by atoms with Gasteiger partial charge in [-0.2, -0.15) is 5.10 Å². The monoisotopic (exact) mass is 383 g/mol. The minimum Gasteiger partial charge on any atom is -0.486 e. The van der Waals surface area contributed by atoms with Crippen LogP contribution in [0, 0.1) is 0 Å². The minimum atomic E-state index is -0.523. The molecule has 0 spiro atoms. The van der Waals surface area contributed by atoms with Crippen molar-refractivity contribution in [1.29, 1.82) is 0 Å². The zero-order valence-electron chi connectivity index (χ0n) is 15.0. The SMILES string of the molecule is O=C(Cn1nc(-c2ccc3c(c2)OCCO3)ccc1=O)NC1=CCCC=C1F. The van der Waals surface area contributed by atoms with Crippen molar-refractivity contribution in [2.24, 2.45) is 0 Å². The van der Waals surface area contributed by atoms with E-state index in [9.17, 15) is 14.0 Å². The van der Waals surface area contributed by atoms with Crippen molar-refractivity contribution in [2.75, 3.05) is 13.2 Å². The number of ether oxygens (including phenoxy) is 2. The Morgan fingerprint density at radius 1 is 1.11 bits per heavy atom. The number of carbonyl (C=O) groups is 1. The van der Waals surface area contributed by atoms with E-state index in [0.29, 0.717) is 43.2 Å². The lowest BCUT2D eigenvalue weighted by Crippen LogP contribution is -2.33. The number of amides is 1. The third-order valence-electron chi connectivity index (χ3n) is 4.37. The van der Waals surface area contributed by atoms with Gasteiger partial charge in [0, 0.05) is 11.6 Å². The maximum Gasteiger partial charge on any atom is 0.267 e. The van der Waals surface area contributed by atoms with E-state index in [0.717, 1.165) is 10.2 Å². The summed E-state index contributed by atoms with van der Waals surface area (Å²) >= 11 is 0. The first-order valence-electron chi connectivity index (χ1n) is 8.94. The predicted octanol–water partition coefficient (Wildman–Crippen LogP) is 2.33. The van der Waals surface area contributed by atoms with Crippen molar-refractivity contribution in [3.8, 4) is 22.8 Å². The smallest absolute Gasteiger partial charge is 0.267 e. The second kappa shape index (κ2) is 7.67. The van der Waals surface area contributed by atoms with E-state index in [1.807, 2.05) is 0 Å². The molecule has 1 aromatic heterocycles. The van der Waals surface area contributed by atoms with E-state index in [1.165, 1.54) is 12.1 Å². The van der Waals surface area contributed by atoms with Gasteiger partial charge in [0.2, 0.25) is 5.91 Å². The number of carbonyl (C=O) groups excluding carboxylic acids is 1. The average Bonchev–Trinajstić information content (AvgIpc) is 2.71. The van der Waals surface area contributed by atoms with Gasteiger partial charge in [-0.05, 0) is 43.2 Å². The van der Waals surface area contributed by atoms with Gasteiger partial charge in [-0.25, -0.2) is 9.07 Å². The molecule has 0 unspecified atom stereocenters. The topological polar surface area (TPSA) is 82.5 Å². The van der Waals surface area contributed by atoms with E-state index >= 15 is 0 Å². The summed E-state index contributed by atoms with van der Waals surface area (Å²) < 4.78 is 25.8. The van der Waals surface area contributed by atoms with Crippen molar-refractivity contribution < 1.29 is 18.7 Å². The molecular weight excluding hydrogens is 365 g/mol. The molecule has 1 amide bonds.